The number of benzene rings is 1. The molecule has 0 amide bonds. The second-order valence-electron chi connectivity index (χ2n) is 2.74. The molecule has 1 aromatic carbocycles. The van der Waals surface area contributed by atoms with E-state index >= 15 is 0 Å². The van der Waals surface area contributed by atoms with Crippen LogP contribution in [0, 0.1) is 11.6 Å². The summed E-state index contributed by atoms with van der Waals surface area (Å²) in [5, 5.41) is 17.6. The molecule has 0 radical (unpaired) electrons. The maximum Gasteiger partial charge on any atom is 0.168 e. The standard InChI is InChI=1S/C10H10F2O2/c11-8-5-7(3-1-2-4-13)10(14)9(12)6-8/h1,3,5-6,13-14H,2,4H2. The molecule has 1 rings (SSSR count). The molecule has 0 heterocycles. The van der Waals surface area contributed by atoms with Gasteiger partial charge in [0.1, 0.15) is 5.82 Å². The van der Waals surface area contributed by atoms with E-state index in [0.29, 0.717) is 12.5 Å². The highest BCUT2D eigenvalue weighted by Gasteiger charge is 2.06. The van der Waals surface area contributed by atoms with Crippen LogP contribution in [0.25, 0.3) is 6.08 Å². The summed E-state index contributed by atoms with van der Waals surface area (Å²) < 4.78 is 25.5. The van der Waals surface area contributed by atoms with Crippen LogP contribution in [-0.4, -0.2) is 16.8 Å². The van der Waals surface area contributed by atoms with Crippen LogP contribution in [0.15, 0.2) is 18.2 Å². The quantitative estimate of drug-likeness (QED) is 0.784. The molecule has 0 aromatic heterocycles. The van der Waals surface area contributed by atoms with Gasteiger partial charge in [-0.15, -0.1) is 0 Å². The first-order valence-corrected chi connectivity index (χ1v) is 4.10. The average molecular weight is 200 g/mol. The number of phenols is 1. The molecule has 0 spiro atoms. The van der Waals surface area contributed by atoms with Gasteiger partial charge in [0.25, 0.3) is 0 Å². The summed E-state index contributed by atoms with van der Waals surface area (Å²) in [6, 6.07) is 1.63. The number of aliphatic hydroxyl groups is 1. The van der Waals surface area contributed by atoms with E-state index in [1.165, 1.54) is 12.2 Å². The van der Waals surface area contributed by atoms with E-state index < -0.39 is 17.4 Å². The largest absolute Gasteiger partial charge is 0.504 e. The van der Waals surface area contributed by atoms with Crippen molar-refractivity contribution in [3.05, 3.63) is 35.4 Å². The van der Waals surface area contributed by atoms with Crippen LogP contribution in [0.3, 0.4) is 0 Å². The molecule has 0 bridgehead atoms. The maximum absolute atomic E-state index is 12.8. The van der Waals surface area contributed by atoms with Crippen molar-refractivity contribution < 1.29 is 19.0 Å². The lowest BCUT2D eigenvalue weighted by Gasteiger charge is -2.00. The number of halogens is 2. The molecule has 2 N–H and O–H groups in total. The molecule has 0 aliphatic heterocycles. The number of rotatable bonds is 3. The van der Waals surface area contributed by atoms with E-state index in [9.17, 15) is 8.78 Å². The molecule has 1 aromatic rings. The highest BCUT2D eigenvalue weighted by Crippen LogP contribution is 2.23. The van der Waals surface area contributed by atoms with Crippen LogP contribution >= 0.6 is 0 Å². The fourth-order valence-corrected chi connectivity index (χ4v) is 0.998. The van der Waals surface area contributed by atoms with E-state index in [2.05, 4.69) is 0 Å². The van der Waals surface area contributed by atoms with Crippen molar-refractivity contribution in [1.82, 2.24) is 0 Å². The molecule has 2 nitrogen and oxygen atoms in total. The van der Waals surface area contributed by atoms with Crippen LogP contribution in [-0.2, 0) is 0 Å². The lowest BCUT2D eigenvalue weighted by molar-refractivity contribution is 0.303. The first-order chi connectivity index (χ1) is 6.65. The van der Waals surface area contributed by atoms with E-state index in [0.717, 1.165) is 6.07 Å². The first kappa shape index (κ1) is 10.7. The van der Waals surface area contributed by atoms with E-state index in [1.54, 1.807) is 0 Å². The Morgan fingerprint density at radius 2 is 2.00 bits per heavy atom. The van der Waals surface area contributed by atoms with Gasteiger partial charge in [0.2, 0.25) is 0 Å². The molecule has 14 heavy (non-hydrogen) atoms. The second kappa shape index (κ2) is 4.72. The third-order valence-corrected chi connectivity index (χ3v) is 1.65. The van der Waals surface area contributed by atoms with Crippen LogP contribution in [0.1, 0.15) is 12.0 Å². The smallest absolute Gasteiger partial charge is 0.168 e. The molecular formula is C10H10F2O2. The minimum absolute atomic E-state index is 0.0466. The summed E-state index contributed by atoms with van der Waals surface area (Å²) in [4.78, 5) is 0. The van der Waals surface area contributed by atoms with Crippen LogP contribution < -0.4 is 0 Å². The van der Waals surface area contributed by atoms with Gasteiger partial charge in [0, 0.05) is 18.2 Å². The predicted molar refractivity (Wildman–Crippen MR) is 48.8 cm³/mol. The third-order valence-electron chi connectivity index (χ3n) is 1.65. The minimum atomic E-state index is -0.992. The van der Waals surface area contributed by atoms with Crippen LogP contribution in [0.2, 0.25) is 0 Å². The molecule has 0 aliphatic carbocycles. The molecule has 0 fully saturated rings. The molecule has 0 unspecified atom stereocenters. The van der Waals surface area contributed by atoms with Gasteiger partial charge in [-0.3, -0.25) is 0 Å². The molecular weight excluding hydrogens is 190 g/mol. The Bertz CT molecular complexity index is 348. The van der Waals surface area contributed by atoms with Crippen molar-refractivity contribution in [2.75, 3.05) is 6.61 Å². The molecule has 0 saturated carbocycles. The summed E-state index contributed by atoms with van der Waals surface area (Å²) in [6.45, 7) is -0.0466. The van der Waals surface area contributed by atoms with Crippen LogP contribution in [0.4, 0.5) is 8.78 Å². The predicted octanol–water partition coefficient (Wildman–Crippen LogP) is 2.07. The molecule has 4 heteroatoms. The Hall–Kier alpha value is -1.42. The fraction of sp³-hybridized carbons (Fsp3) is 0.200. The zero-order chi connectivity index (χ0) is 10.6. The summed E-state index contributed by atoms with van der Waals surface area (Å²) in [7, 11) is 0. The molecule has 0 atom stereocenters. The van der Waals surface area contributed by atoms with E-state index in [4.69, 9.17) is 10.2 Å². The van der Waals surface area contributed by atoms with E-state index in [1.807, 2.05) is 0 Å². The summed E-state index contributed by atoms with van der Waals surface area (Å²) in [6.07, 6.45) is 3.25. The van der Waals surface area contributed by atoms with Gasteiger partial charge < -0.3 is 10.2 Å². The van der Waals surface area contributed by atoms with Crippen molar-refractivity contribution in [2.24, 2.45) is 0 Å². The Balaban J connectivity index is 2.96. The fourth-order valence-electron chi connectivity index (χ4n) is 0.998. The Labute approximate surface area is 80.1 Å². The lowest BCUT2D eigenvalue weighted by Crippen LogP contribution is -1.85. The third kappa shape index (κ3) is 2.53. The Kier molecular flexibility index (Phi) is 3.59. The number of aromatic hydroxyl groups is 1. The topological polar surface area (TPSA) is 40.5 Å². The highest BCUT2D eigenvalue weighted by molar-refractivity contribution is 5.57. The van der Waals surface area contributed by atoms with Crippen molar-refractivity contribution in [3.63, 3.8) is 0 Å². The molecule has 0 saturated heterocycles. The van der Waals surface area contributed by atoms with Crippen molar-refractivity contribution in [2.45, 2.75) is 6.42 Å². The lowest BCUT2D eigenvalue weighted by atomic mass is 10.1. The zero-order valence-electron chi connectivity index (χ0n) is 7.37. The highest BCUT2D eigenvalue weighted by atomic mass is 19.1. The van der Waals surface area contributed by atoms with Gasteiger partial charge in [-0.05, 0) is 12.5 Å². The molecule has 0 aliphatic rings. The van der Waals surface area contributed by atoms with Gasteiger partial charge in [0.15, 0.2) is 11.6 Å². The van der Waals surface area contributed by atoms with Crippen LogP contribution in [0.5, 0.6) is 5.75 Å². The maximum atomic E-state index is 12.8. The number of hydrogen-bond donors (Lipinski definition) is 2. The first-order valence-electron chi connectivity index (χ1n) is 4.10. The SMILES string of the molecule is OCCC=Cc1cc(F)cc(F)c1O. The van der Waals surface area contributed by atoms with Gasteiger partial charge in [-0.1, -0.05) is 12.2 Å². The number of hydrogen-bond acceptors (Lipinski definition) is 2. The van der Waals surface area contributed by atoms with Gasteiger partial charge >= 0.3 is 0 Å². The number of phenolic OH excluding ortho intramolecular Hbond substituents is 1. The van der Waals surface area contributed by atoms with Gasteiger partial charge in [0.05, 0.1) is 0 Å². The van der Waals surface area contributed by atoms with Gasteiger partial charge in [-0.2, -0.15) is 0 Å². The van der Waals surface area contributed by atoms with Crippen molar-refractivity contribution in [3.8, 4) is 5.75 Å². The Morgan fingerprint density at radius 3 is 2.64 bits per heavy atom. The average Bonchev–Trinajstić information content (AvgIpc) is 2.13. The van der Waals surface area contributed by atoms with Crippen molar-refractivity contribution in [1.29, 1.82) is 0 Å². The summed E-state index contributed by atoms with van der Waals surface area (Å²) in [5.41, 5.74) is 0.0657. The monoisotopic (exact) mass is 200 g/mol. The van der Waals surface area contributed by atoms with Crippen molar-refractivity contribution >= 4 is 6.08 Å². The normalized spacial score (nSPS) is 11.1. The zero-order valence-corrected chi connectivity index (χ0v) is 7.37. The summed E-state index contributed by atoms with van der Waals surface area (Å²) >= 11 is 0. The second-order valence-corrected chi connectivity index (χ2v) is 2.74. The van der Waals surface area contributed by atoms with Gasteiger partial charge in [-0.25, -0.2) is 8.78 Å². The Morgan fingerprint density at radius 1 is 1.29 bits per heavy atom. The minimum Gasteiger partial charge on any atom is -0.504 e. The van der Waals surface area contributed by atoms with E-state index in [-0.39, 0.29) is 12.2 Å². The number of aliphatic hydroxyl groups excluding tert-OH is 1. The molecule has 76 valence electrons. The summed E-state index contributed by atoms with van der Waals surface area (Å²) in [5.74, 6) is -2.32.